The summed E-state index contributed by atoms with van der Waals surface area (Å²) in [6.07, 6.45) is 0. The number of aromatic nitrogens is 1. The number of pyridine rings is 1. The molecule has 0 bridgehead atoms. The van der Waals surface area contributed by atoms with Crippen LogP contribution in [0.25, 0.3) is 0 Å². The summed E-state index contributed by atoms with van der Waals surface area (Å²) < 4.78 is 0. The van der Waals surface area contributed by atoms with Crippen LogP contribution in [0.15, 0.2) is 18.2 Å². The molecule has 2 heteroatoms. The second kappa shape index (κ2) is 2.69. The molecule has 0 aliphatic rings. The molecule has 0 unspecified atom stereocenters. The molecule has 0 amide bonds. The van der Waals surface area contributed by atoms with E-state index in [1.165, 1.54) is 0 Å². The molecule has 0 N–H and O–H groups in total. The van der Waals surface area contributed by atoms with Crippen molar-refractivity contribution in [2.45, 2.75) is 26.2 Å². The molecule has 56 valence electrons. The highest BCUT2D eigenvalue weighted by molar-refractivity contribution is 6.30. The van der Waals surface area contributed by atoms with Crippen LogP contribution in [-0.2, 0) is 5.41 Å². The van der Waals surface area contributed by atoms with Gasteiger partial charge in [0.15, 0.2) is 0 Å². The molecule has 1 aromatic rings. The topological polar surface area (TPSA) is 12.9 Å². The second-order valence-corrected chi connectivity index (χ2v) is 3.70. The first-order valence-corrected chi connectivity index (χ1v) is 3.73. The van der Waals surface area contributed by atoms with Crippen molar-refractivity contribution in [1.29, 1.82) is 0 Å². The van der Waals surface area contributed by atoms with E-state index in [0.29, 0.717) is 5.59 Å². The Kier molecular flexibility index (Phi) is 2.03. The average molecular weight is 145 g/mol. The summed E-state index contributed by atoms with van der Waals surface area (Å²) in [7, 11) is 5.54. The van der Waals surface area contributed by atoms with Crippen molar-refractivity contribution in [2.75, 3.05) is 0 Å². The predicted molar refractivity (Wildman–Crippen MR) is 48.3 cm³/mol. The van der Waals surface area contributed by atoms with Crippen LogP contribution in [0.1, 0.15) is 26.5 Å². The van der Waals surface area contributed by atoms with E-state index in [0.717, 1.165) is 5.69 Å². The van der Waals surface area contributed by atoms with Crippen LogP contribution < -0.4 is 5.59 Å². The molecule has 0 saturated heterocycles. The van der Waals surface area contributed by atoms with Gasteiger partial charge in [0.05, 0.1) is 0 Å². The first-order chi connectivity index (χ1) is 5.00. The molecule has 1 nitrogen and oxygen atoms in total. The van der Waals surface area contributed by atoms with Gasteiger partial charge in [0, 0.05) is 11.1 Å². The number of hydrogen-bond acceptors (Lipinski definition) is 1. The van der Waals surface area contributed by atoms with Crippen LogP contribution in [0.2, 0.25) is 0 Å². The van der Waals surface area contributed by atoms with Crippen molar-refractivity contribution < 1.29 is 0 Å². The third-order valence-corrected chi connectivity index (χ3v) is 1.54. The van der Waals surface area contributed by atoms with Crippen LogP contribution in [0.3, 0.4) is 0 Å². The third kappa shape index (κ3) is 2.07. The monoisotopic (exact) mass is 145 g/mol. The fourth-order valence-electron chi connectivity index (χ4n) is 0.869. The number of nitrogens with zero attached hydrogens (tertiary/aromatic N) is 1. The van der Waals surface area contributed by atoms with E-state index in [1.807, 2.05) is 12.1 Å². The van der Waals surface area contributed by atoms with Crippen molar-refractivity contribution in [3.63, 3.8) is 0 Å². The van der Waals surface area contributed by atoms with E-state index in [2.05, 4.69) is 25.8 Å². The van der Waals surface area contributed by atoms with E-state index in [9.17, 15) is 0 Å². The van der Waals surface area contributed by atoms with Crippen LogP contribution in [0.5, 0.6) is 0 Å². The normalized spacial score (nSPS) is 11.5. The molecule has 1 aromatic heterocycles. The summed E-state index contributed by atoms with van der Waals surface area (Å²) >= 11 is 0. The molecule has 1 rings (SSSR count). The third-order valence-electron chi connectivity index (χ3n) is 1.54. The van der Waals surface area contributed by atoms with Gasteiger partial charge < -0.3 is 0 Å². The predicted octanol–water partition coefficient (Wildman–Crippen LogP) is 1.17. The standard InChI is InChI=1S/C9H12BN/c1-9(2,3)7-5-4-6-8(10)11-7/h4-6H,1-3H3. The summed E-state index contributed by atoms with van der Waals surface area (Å²) in [5.74, 6) is 0. The lowest BCUT2D eigenvalue weighted by molar-refractivity contribution is 0.570. The van der Waals surface area contributed by atoms with E-state index in [1.54, 1.807) is 6.07 Å². The van der Waals surface area contributed by atoms with Crippen molar-refractivity contribution in [2.24, 2.45) is 0 Å². The molecule has 0 fully saturated rings. The number of hydrogen-bond donors (Lipinski definition) is 0. The molecule has 0 aliphatic carbocycles. The molecule has 0 saturated carbocycles. The minimum absolute atomic E-state index is 0.0926. The molecule has 1 heterocycles. The maximum atomic E-state index is 5.54. The van der Waals surface area contributed by atoms with Gasteiger partial charge in [-0.2, -0.15) is 0 Å². The molecule has 11 heavy (non-hydrogen) atoms. The van der Waals surface area contributed by atoms with Gasteiger partial charge in [0.2, 0.25) is 0 Å². The summed E-state index contributed by atoms with van der Waals surface area (Å²) in [4.78, 5) is 4.22. The van der Waals surface area contributed by atoms with Crippen molar-refractivity contribution in [3.8, 4) is 0 Å². The van der Waals surface area contributed by atoms with Gasteiger partial charge in [0.25, 0.3) is 0 Å². The highest BCUT2D eigenvalue weighted by Crippen LogP contribution is 2.17. The summed E-state index contributed by atoms with van der Waals surface area (Å²) in [6.45, 7) is 6.36. The Morgan fingerprint density at radius 1 is 1.27 bits per heavy atom. The Bertz CT molecular complexity index is 250. The van der Waals surface area contributed by atoms with Gasteiger partial charge in [0.1, 0.15) is 7.85 Å². The lowest BCUT2D eigenvalue weighted by Gasteiger charge is -2.17. The Morgan fingerprint density at radius 3 is 2.27 bits per heavy atom. The smallest absolute Gasteiger partial charge is 0.141 e. The van der Waals surface area contributed by atoms with E-state index >= 15 is 0 Å². The quantitative estimate of drug-likeness (QED) is 0.499. The first kappa shape index (κ1) is 8.31. The molecule has 0 atom stereocenters. The van der Waals surface area contributed by atoms with Gasteiger partial charge in [-0.15, -0.1) is 0 Å². The van der Waals surface area contributed by atoms with Gasteiger partial charge >= 0.3 is 0 Å². The molecule has 0 aliphatic heterocycles. The highest BCUT2D eigenvalue weighted by atomic mass is 14.7. The zero-order valence-corrected chi connectivity index (χ0v) is 7.26. The summed E-state index contributed by atoms with van der Waals surface area (Å²) in [6, 6.07) is 5.73. The minimum atomic E-state index is 0.0926. The highest BCUT2D eigenvalue weighted by Gasteiger charge is 2.14. The molecular formula is C9H12BN. The van der Waals surface area contributed by atoms with Crippen LogP contribution in [0, 0.1) is 0 Å². The lowest BCUT2D eigenvalue weighted by Crippen LogP contribution is -2.19. The minimum Gasteiger partial charge on any atom is -0.269 e. The van der Waals surface area contributed by atoms with Gasteiger partial charge in [-0.25, -0.2) is 0 Å². The summed E-state index contributed by atoms with van der Waals surface area (Å²) in [5, 5.41) is 0. The zero-order chi connectivity index (χ0) is 8.48. The Balaban J connectivity index is 3.06. The summed E-state index contributed by atoms with van der Waals surface area (Å²) in [5.41, 5.74) is 1.73. The van der Waals surface area contributed by atoms with Gasteiger partial charge in [-0.05, 0) is 11.7 Å². The fourth-order valence-corrected chi connectivity index (χ4v) is 0.869. The largest absolute Gasteiger partial charge is 0.269 e. The van der Waals surface area contributed by atoms with E-state index in [-0.39, 0.29) is 5.41 Å². The zero-order valence-electron chi connectivity index (χ0n) is 7.26. The maximum absolute atomic E-state index is 5.54. The second-order valence-electron chi connectivity index (χ2n) is 3.70. The molecular weight excluding hydrogens is 133 g/mol. The maximum Gasteiger partial charge on any atom is 0.141 e. The first-order valence-electron chi connectivity index (χ1n) is 3.73. The fraction of sp³-hybridized carbons (Fsp3) is 0.444. The molecule has 0 spiro atoms. The average Bonchev–Trinajstić information content (AvgIpc) is 1.86. The van der Waals surface area contributed by atoms with Crippen molar-refractivity contribution in [3.05, 3.63) is 23.9 Å². The molecule has 2 radical (unpaired) electrons. The molecule has 0 aromatic carbocycles. The lowest BCUT2D eigenvalue weighted by atomic mass is 9.90. The van der Waals surface area contributed by atoms with Crippen LogP contribution >= 0.6 is 0 Å². The Labute approximate surface area is 69.3 Å². The van der Waals surface area contributed by atoms with E-state index in [4.69, 9.17) is 7.85 Å². The van der Waals surface area contributed by atoms with Gasteiger partial charge in [-0.1, -0.05) is 32.9 Å². The van der Waals surface area contributed by atoms with E-state index < -0.39 is 0 Å². The van der Waals surface area contributed by atoms with Gasteiger partial charge in [-0.3, -0.25) is 4.98 Å². The number of rotatable bonds is 0. The van der Waals surface area contributed by atoms with Crippen LogP contribution in [0.4, 0.5) is 0 Å². The van der Waals surface area contributed by atoms with Crippen molar-refractivity contribution >= 4 is 13.4 Å². The van der Waals surface area contributed by atoms with Crippen LogP contribution in [-0.4, -0.2) is 12.8 Å². The Morgan fingerprint density at radius 2 is 1.91 bits per heavy atom. The Hall–Kier alpha value is -0.785. The van der Waals surface area contributed by atoms with Crippen molar-refractivity contribution in [1.82, 2.24) is 4.98 Å². The SMILES string of the molecule is [B]c1cccc(C(C)(C)C)n1.